The largest absolute Gasteiger partial charge is 0.379 e. The molecular formula is C7H14N2O. The predicted molar refractivity (Wildman–Crippen MR) is 38.7 cm³/mol. The van der Waals surface area contributed by atoms with E-state index < -0.39 is 0 Å². The number of nitrogens with one attached hydrogen (secondary N) is 1. The molecule has 2 fully saturated rings. The number of fused-ring (bicyclic) bond motifs is 1. The van der Waals surface area contributed by atoms with Gasteiger partial charge in [-0.15, -0.1) is 0 Å². The topological polar surface area (TPSA) is 47.3 Å². The van der Waals surface area contributed by atoms with Crippen molar-refractivity contribution in [2.45, 2.75) is 12.0 Å². The number of rotatable bonds is 0. The molecule has 0 amide bonds. The molecule has 0 spiro atoms. The van der Waals surface area contributed by atoms with Gasteiger partial charge in [-0.3, -0.25) is 0 Å². The molecule has 0 aromatic heterocycles. The smallest absolute Gasteiger partial charge is 0.0661 e. The SMILES string of the molecule is NC12CNCC1CCOC2. The average molecular weight is 142 g/mol. The molecule has 0 radical (unpaired) electrons. The normalized spacial score (nSPS) is 47.1. The van der Waals surface area contributed by atoms with Crippen LogP contribution in [0.15, 0.2) is 0 Å². The monoisotopic (exact) mass is 142 g/mol. The van der Waals surface area contributed by atoms with Gasteiger partial charge in [-0.2, -0.15) is 0 Å². The van der Waals surface area contributed by atoms with Crippen molar-refractivity contribution in [1.29, 1.82) is 0 Å². The van der Waals surface area contributed by atoms with Crippen LogP contribution < -0.4 is 11.1 Å². The summed E-state index contributed by atoms with van der Waals surface area (Å²) in [5, 5.41) is 3.30. The summed E-state index contributed by atoms with van der Waals surface area (Å²) in [6.45, 7) is 3.65. The molecule has 2 aliphatic rings. The molecule has 2 rings (SSSR count). The summed E-state index contributed by atoms with van der Waals surface area (Å²) in [5.41, 5.74) is 6.03. The third-order valence-electron chi connectivity index (χ3n) is 2.64. The second-order valence-corrected chi connectivity index (χ2v) is 3.40. The van der Waals surface area contributed by atoms with Gasteiger partial charge in [0.15, 0.2) is 0 Å². The lowest BCUT2D eigenvalue weighted by Crippen LogP contribution is -2.54. The van der Waals surface area contributed by atoms with Gasteiger partial charge in [0.2, 0.25) is 0 Å². The van der Waals surface area contributed by atoms with Crippen molar-refractivity contribution in [3.05, 3.63) is 0 Å². The first-order valence-electron chi connectivity index (χ1n) is 3.89. The first-order valence-corrected chi connectivity index (χ1v) is 3.89. The zero-order valence-electron chi connectivity index (χ0n) is 6.10. The maximum Gasteiger partial charge on any atom is 0.0661 e. The van der Waals surface area contributed by atoms with E-state index in [0.717, 1.165) is 32.7 Å². The molecule has 2 aliphatic heterocycles. The number of hydrogen-bond acceptors (Lipinski definition) is 3. The molecular weight excluding hydrogens is 128 g/mol. The molecule has 0 aliphatic carbocycles. The number of hydrogen-bond donors (Lipinski definition) is 2. The summed E-state index contributed by atoms with van der Waals surface area (Å²) in [4.78, 5) is 0. The fraction of sp³-hybridized carbons (Fsp3) is 1.00. The molecule has 3 nitrogen and oxygen atoms in total. The van der Waals surface area contributed by atoms with Crippen molar-refractivity contribution in [2.24, 2.45) is 11.7 Å². The highest BCUT2D eigenvalue weighted by molar-refractivity contribution is 5.01. The van der Waals surface area contributed by atoms with E-state index in [1.54, 1.807) is 0 Å². The zero-order chi connectivity index (χ0) is 7.03. The third kappa shape index (κ3) is 0.856. The van der Waals surface area contributed by atoms with Crippen LogP contribution in [0.2, 0.25) is 0 Å². The second-order valence-electron chi connectivity index (χ2n) is 3.40. The van der Waals surface area contributed by atoms with E-state index in [2.05, 4.69) is 5.32 Å². The Hall–Kier alpha value is -0.120. The fourth-order valence-corrected chi connectivity index (χ4v) is 1.87. The second kappa shape index (κ2) is 2.19. The Bertz CT molecular complexity index is 140. The van der Waals surface area contributed by atoms with Crippen molar-refractivity contribution in [3.8, 4) is 0 Å². The summed E-state index contributed by atoms with van der Waals surface area (Å²) in [5.74, 6) is 0.654. The average Bonchev–Trinajstić information content (AvgIpc) is 2.29. The van der Waals surface area contributed by atoms with E-state index in [0.29, 0.717) is 5.92 Å². The van der Waals surface area contributed by atoms with Crippen LogP contribution in [0, 0.1) is 5.92 Å². The summed E-state index contributed by atoms with van der Waals surface area (Å²) < 4.78 is 5.32. The third-order valence-corrected chi connectivity index (χ3v) is 2.64. The van der Waals surface area contributed by atoms with Crippen molar-refractivity contribution in [2.75, 3.05) is 26.3 Å². The molecule has 58 valence electrons. The van der Waals surface area contributed by atoms with Crippen molar-refractivity contribution < 1.29 is 4.74 Å². The molecule has 0 aromatic rings. The van der Waals surface area contributed by atoms with E-state index in [1.165, 1.54) is 0 Å². The maximum absolute atomic E-state index is 6.08. The maximum atomic E-state index is 6.08. The van der Waals surface area contributed by atoms with Crippen LogP contribution in [0.5, 0.6) is 0 Å². The molecule has 2 saturated heterocycles. The van der Waals surface area contributed by atoms with Gasteiger partial charge >= 0.3 is 0 Å². The minimum Gasteiger partial charge on any atom is -0.379 e. The van der Waals surface area contributed by atoms with Crippen molar-refractivity contribution in [1.82, 2.24) is 5.32 Å². The van der Waals surface area contributed by atoms with Crippen molar-refractivity contribution in [3.63, 3.8) is 0 Å². The van der Waals surface area contributed by atoms with E-state index >= 15 is 0 Å². The highest BCUT2D eigenvalue weighted by Gasteiger charge is 2.41. The lowest BCUT2D eigenvalue weighted by molar-refractivity contribution is 0.0203. The summed E-state index contributed by atoms with van der Waals surface area (Å²) in [7, 11) is 0. The van der Waals surface area contributed by atoms with Crippen LogP contribution in [0.3, 0.4) is 0 Å². The Kier molecular flexibility index (Phi) is 1.44. The minimum absolute atomic E-state index is 0.0434. The molecule has 3 heteroatoms. The van der Waals surface area contributed by atoms with E-state index in [9.17, 15) is 0 Å². The lowest BCUT2D eigenvalue weighted by Gasteiger charge is -2.34. The molecule has 0 saturated carbocycles. The zero-order valence-corrected chi connectivity index (χ0v) is 6.10. The quantitative estimate of drug-likeness (QED) is 0.471. The Morgan fingerprint density at radius 2 is 2.50 bits per heavy atom. The van der Waals surface area contributed by atoms with Gasteiger partial charge in [0.1, 0.15) is 0 Å². The van der Waals surface area contributed by atoms with Gasteiger partial charge in [-0.05, 0) is 12.3 Å². The highest BCUT2D eigenvalue weighted by Crippen LogP contribution is 2.26. The van der Waals surface area contributed by atoms with Crippen LogP contribution in [0.1, 0.15) is 6.42 Å². The van der Waals surface area contributed by atoms with E-state index in [1.807, 2.05) is 0 Å². The van der Waals surface area contributed by atoms with Crippen molar-refractivity contribution >= 4 is 0 Å². The van der Waals surface area contributed by atoms with Crippen LogP contribution in [0.4, 0.5) is 0 Å². The van der Waals surface area contributed by atoms with E-state index in [4.69, 9.17) is 10.5 Å². The molecule has 0 bridgehead atoms. The van der Waals surface area contributed by atoms with Gasteiger partial charge in [-0.1, -0.05) is 0 Å². The van der Waals surface area contributed by atoms with E-state index in [-0.39, 0.29) is 5.54 Å². The summed E-state index contributed by atoms with van der Waals surface area (Å²) in [6.07, 6.45) is 1.13. The molecule has 10 heavy (non-hydrogen) atoms. The lowest BCUT2D eigenvalue weighted by atomic mass is 9.85. The van der Waals surface area contributed by atoms with Gasteiger partial charge in [0, 0.05) is 19.7 Å². The number of nitrogens with two attached hydrogens (primary N) is 1. The van der Waals surface area contributed by atoms with Crippen LogP contribution in [-0.4, -0.2) is 31.8 Å². The van der Waals surface area contributed by atoms with Crippen LogP contribution in [0.25, 0.3) is 0 Å². The fourth-order valence-electron chi connectivity index (χ4n) is 1.87. The molecule has 2 atom stereocenters. The molecule has 2 unspecified atom stereocenters. The first kappa shape index (κ1) is 6.58. The van der Waals surface area contributed by atoms with Gasteiger partial charge < -0.3 is 15.8 Å². The standard InChI is InChI=1S/C7H14N2O/c8-7-4-9-3-6(7)1-2-10-5-7/h6,9H,1-5,8H2. The Balaban J connectivity index is 2.10. The first-order chi connectivity index (χ1) is 4.81. The number of ether oxygens (including phenoxy) is 1. The minimum atomic E-state index is -0.0434. The van der Waals surface area contributed by atoms with Crippen LogP contribution in [-0.2, 0) is 4.74 Å². The Morgan fingerprint density at radius 3 is 3.30 bits per heavy atom. The van der Waals surface area contributed by atoms with Gasteiger partial charge in [-0.25, -0.2) is 0 Å². The summed E-state index contributed by atoms with van der Waals surface area (Å²) >= 11 is 0. The molecule has 2 heterocycles. The van der Waals surface area contributed by atoms with Gasteiger partial charge in [0.05, 0.1) is 12.1 Å². The molecule has 3 N–H and O–H groups in total. The molecule has 0 aromatic carbocycles. The Labute approximate surface area is 60.9 Å². The summed E-state index contributed by atoms with van der Waals surface area (Å²) in [6, 6.07) is 0. The predicted octanol–water partition coefficient (Wildman–Crippen LogP) is -0.676. The highest BCUT2D eigenvalue weighted by atomic mass is 16.5. The Morgan fingerprint density at radius 1 is 1.60 bits per heavy atom. The van der Waals surface area contributed by atoms with Crippen LogP contribution >= 0.6 is 0 Å². The van der Waals surface area contributed by atoms with Gasteiger partial charge in [0.25, 0.3) is 0 Å².